The summed E-state index contributed by atoms with van der Waals surface area (Å²) >= 11 is 0. The predicted molar refractivity (Wildman–Crippen MR) is 251 cm³/mol. The van der Waals surface area contributed by atoms with Gasteiger partial charge in [-0.25, -0.2) is 0 Å². The van der Waals surface area contributed by atoms with Crippen LogP contribution in [0, 0.1) is 11.8 Å². The predicted octanol–water partition coefficient (Wildman–Crippen LogP) is 3.58. The second-order valence-electron chi connectivity index (χ2n) is 17.5. The summed E-state index contributed by atoms with van der Waals surface area (Å²) in [6, 6.07) is 26.5. The number of nitrogens with zero attached hydrogens (tertiary/aromatic N) is 1. The molecule has 0 saturated carbocycles. The fourth-order valence-electron chi connectivity index (χ4n) is 10.5. The van der Waals surface area contributed by atoms with Crippen molar-refractivity contribution in [2.24, 2.45) is 17.6 Å². The Morgan fingerprint density at radius 1 is 0.788 bits per heavy atom. The SMILES string of the molecule is COc1ccc([PH](CCCCCC(=O)NCc2ccc3c(c2O)C(=O)C2=C(O)[C@]4(O)C(=O)C(C(N)=O)=C(O)[C@@H](N(C)C)[C@@H]4[C@@H](O)[C@@H]2[C@H]3C)(c2ccc(OC)cc2)c2ccc(OC)cc2)cc1. The van der Waals surface area contributed by atoms with Gasteiger partial charge in [0.2, 0.25) is 5.78 Å². The quantitative estimate of drug-likeness (QED) is 0.0484. The Morgan fingerprint density at radius 3 is 1.77 bits per heavy atom. The van der Waals surface area contributed by atoms with Crippen LogP contribution in [0.3, 0.4) is 0 Å². The number of rotatable bonds is 16. The number of phenols is 1. The molecule has 66 heavy (non-hydrogen) atoms. The van der Waals surface area contributed by atoms with E-state index in [0.717, 1.165) is 36.3 Å². The average molecular weight is 924 g/mol. The molecule has 0 saturated heterocycles. The fraction of sp³-hybridized carbons (Fsp3) is 0.360. The number of nitrogens with one attached hydrogen (secondary N) is 1. The van der Waals surface area contributed by atoms with Crippen molar-refractivity contribution < 1.29 is 58.9 Å². The van der Waals surface area contributed by atoms with Gasteiger partial charge >= 0.3 is 249 Å². The number of nitrogens with two attached hydrogens (primary N) is 1. The number of ether oxygens (including phenoxy) is 3. The number of benzene rings is 4. The zero-order valence-electron chi connectivity index (χ0n) is 37.8. The van der Waals surface area contributed by atoms with E-state index >= 15 is 0 Å². The van der Waals surface area contributed by atoms with E-state index in [4.69, 9.17) is 19.9 Å². The third-order valence-electron chi connectivity index (χ3n) is 13.9. The van der Waals surface area contributed by atoms with Crippen LogP contribution in [0.5, 0.6) is 23.0 Å². The molecule has 7 rings (SSSR count). The van der Waals surface area contributed by atoms with Gasteiger partial charge < -0.3 is 26.2 Å². The number of hydrogen-bond donors (Lipinski definition) is 7. The van der Waals surface area contributed by atoms with Crippen molar-refractivity contribution in [1.29, 1.82) is 0 Å². The van der Waals surface area contributed by atoms with Crippen molar-refractivity contribution in [2.45, 2.75) is 62.8 Å². The Labute approximate surface area is 383 Å². The summed E-state index contributed by atoms with van der Waals surface area (Å²) in [6.45, 7) is 1.52. The van der Waals surface area contributed by atoms with Gasteiger partial charge in [-0.05, 0) is 20.0 Å². The van der Waals surface area contributed by atoms with Gasteiger partial charge in [-0.3, -0.25) is 19.3 Å². The van der Waals surface area contributed by atoms with Crippen molar-refractivity contribution in [3.63, 3.8) is 0 Å². The number of Topliss-reactive ketones (excluding diaryl/α,β-unsaturated/α-hetero) is 2. The zero-order chi connectivity index (χ0) is 47.8. The summed E-state index contributed by atoms with van der Waals surface area (Å²) in [5.74, 6) is -7.68. The molecule has 3 aliphatic rings. The Morgan fingerprint density at radius 2 is 1.30 bits per heavy atom. The van der Waals surface area contributed by atoms with E-state index < -0.39 is 88.7 Å². The van der Waals surface area contributed by atoms with Gasteiger partial charge in [0.15, 0.2) is 5.60 Å². The number of carbonyl (C=O) groups excluding carboxylic acids is 4. The second kappa shape index (κ2) is 18.9. The van der Waals surface area contributed by atoms with Crippen molar-refractivity contribution in [1.82, 2.24) is 10.2 Å². The first-order chi connectivity index (χ1) is 31.5. The first-order valence-corrected chi connectivity index (χ1v) is 24.1. The van der Waals surface area contributed by atoms with Crippen LogP contribution in [-0.4, -0.2) is 113 Å². The van der Waals surface area contributed by atoms with Crippen LogP contribution in [-0.2, 0) is 20.9 Å². The molecule has 0 aromatic heterocycles. The van der Waals surface area contributed by atoms with Gasteiger partial charge in [0.05, 0.1) is 18.1 Å². The Bertz CT molecular complexity index is 2480. The van der Waals surface area contributed by atoms with Crippen LogP contribution < -0.4 is 41.2 Å². The molecule has 0 fully saturated rings. The molecule has 0 bridgehead atoms. The summed E-state index contributed by atoms with van der Waals surface area (Å²) in [7, 11) is 5.21. The van der Waals surface area contributed by atoms with Crippen molar-refractivity contribution in [3.8, 4) is 23.0 Å². The summed E-state index contributed by atoms with van der Waals surface area (Å²) in [4.78, 5) is 55.1. The molecule has 0 radical (unpaired) electrons. The van der Waals surface area contributed by atoms with E-state index in [-0.39, 0.29) is 30.0 Å². The van der Waals surface area contributed by atoms with E-state index in [2.05, 4.69) is 41.7 Å². The molecule has 0 spiro atoms. The number of likely N-dealkylation sites (N-methyl/N-ethyl adjacent to an activating group) is 1. The van der Waals surface area contributed by atoms with Crippen molar-refractivity contribution in [2.75, 3.05) is 41.6 Å². The summed E-state index contributed by atoms with van der Waals surface area (Å²) in [5, 5.41) is 64.7. The molecular weight excluding hydrogens is 866 g/mol. The Balaban J connectivity index is 1.08. The fourth-order valence-corrected chi connectivity index (χ4v) is 15.4. The molecular formula is C50H58N3O12P. The van der Waals surface area contributed by atoms with Gasteiger partial charge in [-0.1, -0.05) is 6.92 Å². The Hall–Kier alpha value is -6.25. The number of ketones is 2. The number of aromatic hydroxyl groups is 1. The van der Waals surface area contributed by atoms with Crippen LogP contribution in [0.15, 0.2) is 108 Å². The number of aliphatic hydroxyl groups is 4. The maximum atomic E-state index is 14.3. The van der Waals surface area contributed by atoms with E-state index in [1.165, 1.54) is 34.9 Å². The van der Waals surface area contributed by atoms with E-state index in [1.807, 2.05) is 36.4 Å². The summed E-state index contributed by atoms with van der Waals surface area (Å²) in [6.07, 6.45) is 1.47. The Kier molecular flexibility index (Phi) is 13.7. The summed E-state index contributed by atoms with van der Waals surface area (Å²) < 4.78 is 16.5. The molecule has 16 heteroatoms. The van der Waals surface area contributed by atoms with Crippen LogP contribution in [0.2, 0.25) is 0 Å². The van der Waals surface area contributed by atoms with Gasteiger partial charge in [-0.15, -0.1) is 0 Å². The van der Waals surface area contributed by atoms with Crippen LogP contribution in [0.25, 0.3) is 0 Å². The topological polar surface area (TPSA) is 238 Å². The molecule has 3 aliphatic carbocycles. The number of phenolic OH excluding ortho intramolecular Hbond substituents is 1. The number of carbonyl (C=O) groups is 4. The van der Waals surface area contributed by atoms with E-state index in [9.17, 15) is 44.7 Å². The minimum atomic E-state index is -3.02. The van der Waals surface area contributed by atoms with Crippen LogP contribution in [0.1, 0.15) is 60.0 Å². The molecule has 0 heterocycles. The number of aliphatic hydroxyl groups excluding tert-OH is 3. The number of primary amides is 1. The third kappa shape index (κ3) is 7.97. The average Bonchev–Trinajstić information content (AvgIpc) is 3.31. The van der Waals surface area contributed by atoms with Crippen molar-refractivity contribution >= 4 is 46.6 Å². The first-order valence-electron chi connectivity index (χ1n) is 21.9. The van der Waals surface area contributed by atoms with E-state index in [0.29, 0.717) is 12.0 Å². The molecule has 0 unspecified atom stereocenters. The van der Waals surface area contributed by atoms with Gasteiger partial charge in [-0.2, -0.15) is 0 Å². The monoisotopic (exact) mass is 923 g/mol. The molecule has 6 atom stereocenters. The van der Waals surface area contributed by atoms with Crippen molar-refractivity contribution in [3.05, 3.63) is 124 Å². The van der Waals surface area contributed by atoms with Crippen LogP contribution >= 0.6 is 7.26 Å². The standard InChI is InChI=1S/C50H58N3O12P/c1-27-35-24-11-28(43(55)38(35)44(56)39-37(27)45(57)41-42(53(2)3)46(58)40(49(51)61)48(60)50(41,62)47(39)59)26-52-36(54)10-8-7-9-25-66(32-18-12-29(63-4)13-19-32,33-20-14-30(64-5)15-21-33)34-22-16-31(65-6)17-23-34/h11-24,27,37,41-42,45,55,57-59,62,66H,7-10,25-26H2,1-6H3,(H2,51,61)(H,52,54)/t27-,37+,41+,42-,45-,50-/m0/s1. The normalized spacial score (nSPS) is 22.9. The molecule has 0 aliphatic heterocycles. The van der Waals surface area contributed by atoms with Crippen LogP contribution in [0.4, 0.5) is 0 Å². The maximum absolute atomic E-state index is 14.3. The number of hydrogen-bond acceptors (Lipinski definition) is 13. The number of methoxy groups -OCH3 is 3. The number of fused-ring (bicyclic) bond motifs is 3. The van der Waals surface area contributed by atoms with Gasteiger partial charge in [0.1, 0.15) is 17.1 Å². The second-order valence-corrected chi connectivity index (χ2v) is 21.6. The molecule has 8 N–H and O–H groups in total. The molecule has 2 amide bonds. The molecule has 4 aromatic rings. The number of unbranched alkanes of at least 4 members (excludes halogenated alkanes) is 2. The summed E-state index contributed by atoms with van der Waals surface area (Å²) in [5.41, 5.74) is 1.26. The molecule has 350 valence electrons. The van der Waals surface area contributed by atoms with Gasteiger partial charge in [0.25, 0.3) is 5.91 Å². The molecule has 15 nitrogen and oxygen atoms in total. The van der Waals surface area contributed by atoms with E-state index in [1.54, 1.807) is 40.4 Å². The van der Waals surface area contributed by atoms with Gasteiger partial charge in [0, 0.05) is 11.5 Å². The zero-order valence-corrected chi connectivity index (χ0v) is 38.8. The minimum absolute atomic E-state index is 0.139. The molecule has 4 aromatic carbocycles. The third-order valence-corrected chi connectivity index (χ3v) is 19.0. The number of amides is 2. The first kappa shape index (κ1) is 47.7.